The van der Waals surface area contributed by atoms with Gasteiger partial charge in [0.05, 0.1) is 5.90 Å². The Kier molecular flexibility index (Phi) is 17.0. The molecule has 0 rings (SSSR count). The molecular formula is CH6Na2O7P2. The van der Waals surface area contributed by atoms with E-state index in [4.69, 9.17) is 9.79 Å². The van der Waals surface area contributed by atoms with Crippen molar-refractivity contribution in [2.75, 3.05) is 5.90 Å². The van der Waals surface area contributed by atoms with Crippen molar-refractivity contribution in [2.24, 2.45) is 0 Å². The predicted octanol–water partition coefficient (Wildman–Crippen LogP) is -8.78. The van der Waals surface area contributed by atoms with Gasteiger partial charge in [0.15, 0.2) is 0 Å². The zero-order chi connectivity index (χ0) is 7.71. The maximum atomic E-state index is 9.77. The Morgan fingerprint density at radius 3 is 1.33 bits per heavy atom. The Morgan fingerprint density at radius 2 is 1.33 bits per heavy atom. The van der Waals surface area contributed by atoms with Crippen molar-refractivity contribution >= 4 is 15.2 Å². The molecule has 0 unspecified atom stereocenters. The Hall–Kier alpha value is 2.26. The van der Waals surface area contributed by atoms with Gasteiger partial charge in [0, 0.05) is 0 Å². The molecule has 0 aliphatic rings. The van der Waals surface area contributed by atoms with E-state index >= 15 is 0 Å². The van der Waals surface area contributed by atoms with E-state index in [2.05, 4.69) is 0 Å². The number of hydrogen-bond acceptors (Lipinski definition) is 4. The van der Waals surface area contributed by atoms with E-state index in [1.165, 1.54) is 0 Å². The summed E-state index contributed by atoms with van der Waals surface area (Å²) in [7, 11) is -9.73. The van der Waals surface area contributed by atoms with Gasteiger partial charge in [0.25, 0.3) is 0 Å². The topological polar surface area (TPSA) is 152 Å². The molecule has 0 aromatic carbocycles. The van der Waals surface area contributed by atoms with E-state index in [1.54, 1.807) is 0 Å². The van der Waals surface area contributed by atoms with Crippen molar-refractivity contribution < 1.29 is 93.3 Å². The molecule has 0 heterocycles. The number of hydrogen-bond donors (Lipinski definition) is 2. The fraction of sp³-hybridized carbons (Fsp3) is 1.00. The van der Waals surface area contributed by atoms with Crippen molar-refractivity contribution in [1.82, 2.24) is 0 Å². The first kappa shape index (κ1) is 23.8. The molecule has 0 spiro atoms. The van der Waals surface area contributed by atoms with Crippen LogP contribution in [-0.4, -0.2) is 21.2 Å². The summed E-state index contributed by atoms with van der Waals surface area (Å²) in [5, 5.41) is 0. The molecule has 0 aromatic rings. The Balaban J connectivity index is -0.000000107. The van der Waals surface area contributed by atoms with Gasteiger partial charge in [-0.15, -0.1) is 0 Å². The van der Waals surface area contributed by atoms with Crippen LogP contribution in [0.4, 0.5) is 0 Å². The van der Waals surface area contributed by atoms with Crippen molar-refractivity contribution in [3.05, 3.63) is 0 Å². The van der Waals surface area contributed by atoms with Gasteiger partial charge in [-0.2, -0.15) is 0 Å². The van der Waals surface area contributed by atoms with Gasteiger partial charge in [-0.25, -0.2) is 0 Å². The molecule has 7 nitrogen and oxygen atoms in total. The summed E-state index contributed by atoms with van der Waals surface area (Å²) in [6.45, 7) is 0. The van der Waals surface area contributed by atoms with Crippen LogP contribution in [0.15, 0.2) is 0 Å². The molecule has 12 heavy (non-hydrogen) atoms. The van der Waals surface area contributed by atoms with E-state index in [1.807, 2.05) is 0 Å². The van der Waals surface area contributed by atoms with Crippen LogP contribution in [0, 0.1) is 0 Å². The molecule has 0 amide bonds. The second kappa shape index (κ2) is 8.56. The Morgan fingerprint density at radius 1 is 1.08 bits per heavy atom. The molecule has 0 aromatic heterocycles. The molecule has 0 atom stereocenters. The molecular weight excluding hydrogens is 232 g/mol. The third kappa shape index (κ3) is 22.8. The van der Waals surface area contributed by atoms with Crippen molar-refractivity contribution in [3.63, 3.8) is 0 Å². The van der Waals surface area contributed by atoms with Gasteiger partial charge < -0.3 is 29.6 Å². The van der Waals surface area contributed by atoms with E-state index in [0.717, 1.165) is 0 Å². The molecule has 0 saturated heterocycles. The Bertz CT molecular complexity index is 160. The first-order chi connectivity index (χ1) is 3.71. The average Bonchev–Trinajstić information content (AvgIpc) is 1.14. The maximum absolute atomic E-state index is 9.77. The fourth-order valence-electron chi connectivity index (χ4n) is 0.226. The standard InChI is InChI=1S/CH6O6P2.2Na.H2O/c2-8(3,4)1-9(5,6)7;;;/h1H2,(H2,2,3,4)(H2,5,6,7);;;1H2/q;2*+1;/p-2. The van der Waals surface area contributed by atoms with Crippen molar-refractivity contribution in [2.45, 2.75) is 0 Å². The molecule has 0 aliphatic carbocycles. The zero-order valence-electron chi connectivity index (χ0n) is 6.63. The van der Waals surface area contributed by atoms with E-state index in [0.29, 0.717) is 0 Å². The molecule has 0 fully saturated rings. The average molecular weight is 238 g/mol. The summed E-state index contributed by atoms with van der Waals surface area (Å²) >= 11 is 0. The van der Waals surface area contributed by atoms with Crippen LogP contribution < -0.4 is 68.9 Å². The summed E-state index contributed by atoms with van der Waals surface area (Å²) in [6.07, 6.45) is 0. The van der Waals surface area contributed by atoms with E-state index in [9.17, 15) is 18.9 Å². The summed E-state index contributed by atoms with van der Waals surface area (Å²) in [4.78, 5) is 35.0. The fourth-order valence-corrected chi connectivity index (χ4v) is 2.03. The van der Waals surface area contributed by atoms with Crippen molar-refractivity contribution in [1.29, 1.82) is 0 Å². The quantitative estimate of drug-likeness (QED) is 0.359. The number of rotatable bonds is 2. The minimum Gasteiger partial charge on any atom is -0.810 e. The van der Waals surface area contributed by atoms with Crippen LogP contribution >= 0.6 is 15.2 Å². The van der Waals surface area contributed by atoms with Crippen LogP contribution in [0.3, 0.4) is 0 Å². The third-order valence-electron chi connectivity index (χ3n) is 0.357. The molecule has 64 valence electrons. The van der Waals surface area contributed by atoms with E-state index < -0.39 is 21.1 Å². The first-order valence-corrected chi connectivity index (χ1v) is 5.29. The van der Waals surface area contributed by atoms with Gasteiger partial charge in [0.1, 0.15) is 0 Å². The molecule has 11 heteroatoms. The third-order valence-corrected chi connectivity index (χ3v) is 3.22. The SMILES string of the molecule is O.O=P([O-])([O-])CP(=O)(O)O.[Na+].[Na+]. The van der Waals surface area contributed by atoms with Gasteiger partial charge in [-0.3, -0.25) is 4.57 Å². The van der Waals surface area contributed by atoms with Gasteiger partial charge in [-0.05, 0) is 0 Å². The summed E-state index contributed by atoms with van der Waals surface area (Å²) in [6, 6.07) is 0. The minimum absolute atomic E-state index is 0. The zero-order valence-corrected chi connectivity index (χ0v) is 12.4. The smallest absolute Gasteiger partial charge is 0.810 e. The van der Waals surface area contributed by atoms with Crippen LogP contribution in [-0.2, 0) is 9.13 Å². The summed E-state index contributed by atoms with van der Waals surface area (Å²) < 4.78 is 19.4. The molecule has 0 radical (unpaired) electrons. The van der Waals surface area contributed by atoms with E-state index in [-0.39, 0.29) is 64.6 Å². The molecule has 0 aliphatic heterocycles. The van der Waals surface area contributed by atoms with Crippen LogP contribution in [0.5, 0.6) is 0 Å². The second-order valence-electron chi connectivity index (χ2n) is 1.42. The predicted molar refractivity (Wildman–Crippen MR) is 28.1 cm³/mol. The van der Waals surface area contributed by atoms with Crippen LogP contribution in [0.2, 0.25) is 0 Å². The molecule has 0 bridgehead atoms. The monoisotopic (exact) mass is 238 g/mol. The van der Waals surface area contributed by atoms with Crippen molar-refractivity contribution in [3.8, 4) is 0 Å². The normalized spacial score (nSPS) is 10.3. The van der Waals surface area contributed by atoms with Gasteiger partial charge in [0.2, 0.25) is 0 Å². The molecule has 4 N–H and O–H groups in total. The Labute approximate surface area is 113 Å². The summed E-state index contributed by atoms with van der Waals surface area (Å²) in [5.74, 6) is -1.60. The van der Waals surface area contributed by atoms with Gasteiger partial charge >= 0.3 is 66.7 Å². The maximum Gasteiger partial charge on any atom is 1.00 e. The largest absolute Gasteiger partial charge is 1.00 e. The summed E-state index contributed by atoms with van der Waals surface area (Å²) in [5.41, 5.74) is 0. The first-order valence-electron chi connectivity index (χ1n) is 1.76. The second-order valence-corrected chi connectivity index (χ2v) is 5.10. The minimum atomic E-state index is -5.05. The molecule has 0 saturated carbocycles. The van der Waals surface area contributed by atoms with Gasteiger partial charge in [-0.1, -0.05) is 7.60 Å². The van der Waals surface area contributed by atoms with Crippen LogP contribution in [0.25, 0.3) is 0 Å². The van der Waals surface area contributed by atoms with Crippen LogP contribution in [0.1, 0.15) is 0 Å².